The molecule has 1 saturated carbocycles. The molecule has 0 amide bonds. The first kappa shape index (κ1) is 10.0. The summed E-state index contributed by atoms with van der Waals surface area (Å²) in [5, 5.41) is 0. The zero-order valence-corrected chi connectivity index (χ0v) is 8.72. The van der Waals surface area contributed by atoms with E-state index >= 15 is 0 Å². The van der Waals surface area contributed by atoms with Crippen LogP contribution in [0.1, 0.15) is 40.5 Å². The van der Waals surface area contributed by atoms with Crippen LogP contribution in [0.2, 0.25) is 0 Å². The van der Waals surface area contributed by atoms with Crippen LogP contribution in [-0.2, 0) is 0 Å². The molecule has 2 atom stereocenters. The van der Waals surface area contributed by atoms with Crippen LogP contribution in [-0.4, -0.2) is 12.1 Å². The second kappa shape index (κ2) is 2.71. The van der Waals surface area contributed by atoms with Gasteiger partial charge in [-0.15, -0.1) is 0 Å². The maximum atomic E-state index is 6.10. The summed E-state index contributed by atoms with van der Waals surface area (Å²) in [6, 6.07) is 0.541. The van der Waals surface area contributed by atoms with E-state index in [-0.39, 0.29) is 16.9 Å². The fraction of sp³-hybridized carbons (Fsp3) is 1.00. The van der Waals surface area contributed by atoms with Gasteiger partial charge >= 0.3 is 0 Å². The predicted molar refractivity (Wildman–Crippen MR) is 52.7 cm³/mol. The van der Waals surface area contributed by atoms with Gasteiger partial charge in [0.1, 0.15) is 0 Å². The van der Waals surface area contributed by atoms with E-state index in [9.17, 15) is 0 Å². The highest BCUT2D eigenvalue weighted by Crippen LogP contribution is 2.48. The molecule has 4 N–H and O–H groups in total. The molecule has 0 heterocycles. The number of nitrogens with two attached hydrogens (primary N) is 2. The van der Waals surface area contributed by atoms with Crippen LogP contribution in [0.5, 0.6) is 0 Å². The lowest BCUT2D eigenvalue weighted by Crippen LogP contribution is -2.56. The van der Waals surface area contributed by atoms with Crippen molar-refractivity contribution >= 4 is 0 Å². The lowest BCUT2D eigenvalue weighted by Gasteiger charge is -2.51. The minimum absolute atomic E-state index is 0.211. The fourth-order valence-electron chi connectivity index (χ4n) is 2.12. The van der Waals surface area contributed by atoms with Crippen molar-refractivity contribution in [1.82, 2.24) is 0 Å². The van der Waals surface area contributed by atoms with Gasteiger partial charge in [-0.25, -0.2) is 0 Å². The van der Waals surface area contributed by atoms with Gasteiger partial charge < -0.3 is 11.5 Å². The van der Waals surface area contributed by atoms with E-state index in [4.69, 9.17) is 11.5 Å². The molecule has 1 aliphatic carbocycles. The molecule has 0 radical (unpaired) electrons. The average Bonchev–Trinajstić information content (AvgIpc) is 1.82. The monoisotopic (exact) mass is 170 g/mol. The number of rotatable bonds is 0. The number of hydrogen-bond donors (Lipinski definition) is 2. The van der Waals surface area contributed by atoms with Crippen molar-refractivity contribution in [2.24, 2.45) is 22.3 Å². The average molecular weight is 170 g/mol. The van der Waals surface area contributed by atoms with Gasteiger partial charge in [0, 0.05) is 12.1 Å². The summed E-state index contributed by atoms with van der Waals surface area (Å²) < 4.78 is 0. The van der Waals surface area contributed by atoms with Gasteiger partial charge in [-0.05, 0) is 23.7 Å². The first-order valence-electron chi connectivity index (χ1n) is 4.78. The van der Waals surface area contributed by atoms with E-state index in [2.05, 4.69) is 27.7 Å². The molecule has 2 heteroatoms. The van der Waals surface area contributed by atoms with Gasteiger partial charge in [0.25, 0.3) is 0 Å². The third kappa shape index (κ3) is 1.38. The molecular formula is C10H22N2. The summed E-state index contributed by atoms with van der Waals surface area (Å²) in [5.41, 5.74) is 12.5. The van der Waals surface area contributed by atoms with Crippen LogP contribution in [0, 0.1) is 10.8 Å². The molecule has 1 aliphatic rings. The SMILES string of the molecule is CC1(C)CC(N)CC(N)C1(C)C. The highest BCUT2D eigenvalue weighted by Gasteiger charge is 2.46. The summed E-state index contributed by atoms with van der Waals surface area (Å²) in [4.78, 5) is 0. The summed E-state index contributed by atoms with van der Waals surface area (Å²) >= 11 is 0. The van der Waals surface area contributed by atoms with Gasteiger partial charge in [-0.3, -0.25) is 0 Å². The van der Waals surface area contributed by atoms with Crippen LogP contribution in [0.25, 0.3) is 0 Å². The van der Waals surface area contributed by atoms with Crippen LogP contribution in [0.3, 0.4) is 0 Å². The first-order chi connectivity index (χ1) is 5.27. The Morgan fingerprint density at radius 1 is 1.08 bits per heavy atom. The smallest absolute Gasteiger partial charge is 0.0110 e. The molecule has 12 heavy (non-hydrogen) atoms. The highest BCUT2D eigenvalue weighted by molar-refractivity contribution is 5.00. The fourth-order valence-corrected chi connectivity index (χ4v) is 2.12. The van der Waals surface area contributed by atoms with E-state index in [1.165, 1.54) is 0 Å². The Balaban J connectivity index is 2.86. The molecule has 2 nitrogen and oxygen atoms in total. The lowest BCUT2D eigenvalue weighted by molar-refractivity contribution is 0.0204. The molecule has 0 aromatic rings. The van der Waals surface area contributed by atoms with Gasteiger partial charge in [0.2, 0.25) is 0 Å². The molecule has 0 aromatic heterocycles. The van der Waals surface area contributed by atoms with Crippen molar-refractivity contribution in [2.45, 2.75) is 52.6 Å². The molecule has 0 aliphatic heterocycles. The predicted octanol–water partition coefficient (Wildman–Crippen LogP) is 1.49. The normalized spacial score (nSPS) is 39.5. The Morgan fingerprint density at radius 3 is 2.00 bits per heavy atom. The summed E-state index contributed by atoms with van der Waals surface area (Å²) in [6.45, 7) is 9.05. The van der Waals surface area contributed by atoms with Gasteiger partial charge in [-0.1, -0.05) is 27.7 Å². The molecule has 0 spiro atoms. The minimum Gasteiger partial charge on any atom is -0.328 e. The lowest BCUT2D eigenvalue weighted by atomic mass is 9.56. The summed E-state index contributed by atoms with van der Waals surface area (Å²) in [7, 11) is 0. The van der Waals surface area contributed by atoms with Crippen molar-refractivity contribution in [2.75, 3.05) is 0 Å². The Hall–Kier alpha value is -0.0800. The third-order valence-corrected chi connectivity index (χ3v) is 4.00. The Kier molecular flexibility index (Phi) is 2.26. The topological polar surface area (TPSA) is 52.0 Å². The maximum absolute atomic E-state index is 6.10. The Bertz CT molecular complexity index is 173. The van der Waals surface area contributed by atoms with Crippen molar-refractivity contribution < 1.29 is 0 Å². The molecule has 0 saturated heterocycles. The molecule has 1 fully saturated rings. The Labute approximate surface area is 75.7 Å². The molecule has 72 valence electrons. The van der Waals surface area contributed by atoms with E-state index in [1.54, 1.807) is 0 Å². The van der Waals surface area contributed by atoms with Crippen LogP contribution in [0.4, 0.5) is 0 Å². The van der Waals surface area contributed by atoms with Crippen LogP contribution >= 0.6 is 0 Å². The largest absolute Gasteiger partial charge is 0.328 e. The molecule has 0 bridgehead atoms. The van der Waals surface area contributed by atoms with E-state index in [0.717, 1.165) is 12.8 Å². The van der Waals surface area contributed by atoms with Crippen LogP contribution in [0.15, 0.2) is 0 Å². The quantitative estimate of drug-likeness (QED) is 0.578. The van der Waals surface area contributed by atoms with Crippen molar-refractivity contribution in [3.8, 4) is 0 Å². The minimum atomic E-state index is 0.211. The number of hydrogen-bond acceptors (Lipinski definition) is 2. The Morgan fingerprint density at radius 2 is 1.58 bits per heavy atom. The second-order valence-electron chi connectivity index (χ2n) is 5.41. The second-order valence-corrected chi connectivity index (χ2v) is 5.41. The molecule has 1 rings (SSSR count). The van der Waals surface area contributed by atoms with Gasteiger partial charge in [0.05, 0.1) is 0 Å². The first-order valence-corrected chi connectivity index (χ1v) is 4.78. The van der Waals surface area contributed by atoms with Crippen molar-refractivity contribution in [1.29, 1.82) is 0 Å². The van der Waals surface area contributed by atoms with E-state index < -0.39 is 0 Å². The maximum Gasteiger partial charge on any atom is 0.0110 e. The van der Waals surface area contributed by atoms with Gasteiger partial charge in [0.15, 0.2) is 0 Å². The third-order valence-electron chi connectivity index (χ3n) is 4.00. The molecular weight excluding hydrogens is 148 g/mol. The van der Waals surface area contributed by atoms with Gasteiger partial charge in [-0.2, -0.15) is 0 Å². The van der Waals surface area contributed by atoms with E-state index in [0.29, 0.717) is 6.04 Å². The molecule has 2 unspecified atom stereocenters. The zero-order valence-electron chi connectivity index (χ0n) is 8.72. The standard InChI is InChI=1S/C10H22N2/c1-9(2)6-7(11)5-8(12)10(9,3)4/h7-8H,5-6,11-12H2,1-4H3. The molecule has 0 aromatic carbocycles. The van der Waals surface area contributed by atoms with E-state index in [1.807, 2.05) is 0 Å². The zero-order chi connectivity index (χ0) is 9.57. The summed E-state index contributed by atoms with van der Waals surface area (Å²) in [5.74, 6) is 0. The van der Waals surface area contributed by atoms with Crippen molar-refractivity contribution in [3.63, 3.8) is 0 Å². The summed E-state index contributed by atoms with van der Waals surface area (Å²) in [6.07, 6.45) is 2.06. The van der Waals surface area contributed by atoms with Crippen molar-refractivity contribution in [3.05, 3.63) is 0 Å². The van der Waals surface area contributed by atoms with Crippen LogP contribution < -0.4 is 11.5 Å². The highest BCUT2D eigenvalue weighted by atomic mass is 14.8.